The van der Waals surface area contributed by atoms with Gasteiger partial charge in [0.15, 0.2) is 0 Å². The van der Waals surface area contributed by atoms with Crippen molar-refractivity contribution in [1.82, 2.24) is 9.55 Å². The van der Waals surface area contributed by atoms with Crippen LogP contribution in [-0.2, 0) is 13.0 Å². The lowest BCUT2D eigenvalue weighted by atomic mass is 10.0. The van der Waals surface area contributed by atoms with E-state index in [0.29, 0.717) is 6.61 Å². The van der Waals surface area contributed by atoms with Gasteiger partial charge in [0.2, 0.25) is 0 Å². The summed E-state index contributed by atoms with van der Waals surface area (Å²) in [4.78, 5) is 4.36. The maximum atomic E-state index is 6.24. The van der Waals surface area contributed by atoms with Crippen LogP contribution in [0, 0.1) is 0 Å². The van der Waals surface area contributed by atoms with Crippen molar-refractivity contribution in [2.24, 2.45) is 5.73 Å². The van der Waals surface area contributed by atoms with Crippen LogP contribution in [0.2, 0.25) is 0 Å². The predicted octanol–water partition coefficient (Wildman–Crippen LogP) is 2.54. The van der Waals surface area contributed by atoms with Gasteiger partial charge in [0, 0.05) is 31.4 Å². The summed E-state index contributed by atoms with van der Waals surface area (Å²) in [6.07, 6.45) is 4.55. The molecule has 0 aliphatic rings. The van der Waals surface area contributed by atoms with E-state index in [1.807, 2.05) is 43.6 Å². The van der Waals surface area contributed by atoms with Gasteiger partial charge in [-0.15, -0.1) is 0 Å². The van der Waals surface area contributed by atoms with Gasteiger partial charge in [-0.1, -0.05) is 12.1 Å². The summed E-state index contributed by atoms with van der Waals surface area (Å²) in [7, 11) is 0. The number of nitrogens with two attached hydrogens (primary N) is 1. The first-order chi connectivity index (χ1) is 9.24. The molecule has 1 aromatic carbocycles. The Bertz CT molecular complexity index is 504. The Morgan fingerprint density at radius 1 is 1.26 bits per heavy atom. The van der Waals surface area contributed by atoms with E-state index < -0.39 is 0 Å². The molecule has 0 fully saturated rings. The topological polar surface area (TPSA) is 53.1 Å². The van der Waals surface area contributed by atoms with Crippen LogP contribution in [0.5, 0.6) is 5.75 Å². The van der Waals surface area contributed by atoms with Gasteiger partial charge in [-0.2, -0.15) is 0 Å². The molecule has 0 spiro atoms. The minimum atomic E-state index is -0.0385. The van der Waals surface area contributed by atoms with E-state index in [0.717, 1.165) is 30.1 Å². The molecule has 1 atom stereocenters. The number of nitrogens with zero attached hydrogens (tertiary/aromatic N) is 2. The van der Waals surface area contributed by atoms with Gasteiger partial charge in [0.05, 0.1) is 6.61 Å². The largest absolute Gasteiger partial charge is 0.494 e. The SMILES string of the molecule is CCOc1ccc(C(N)Cc2nccn2CC)cc1. The normalized spacial score (nSPS) is 12.4. The lowest BCUT2D eigenvalue weighted by Crippen LogP contribution is -2.16. The highest BCUT2D eigenvalue weighted by molar-refractivity contribution is 5.29. The zero-order chi connectivity index (χ0) is 13.7. The second-order valence-corrected chi connectivity index (χ2v) is 4.44. The molecule has 4 nitrogen and oxygen atoms in total. The van der Waals surface area contributed by atoms with Crippen LogP contribution in [0.25, 0.3) is 0 Å². The summed E-state index contributed by atoms with van der Waals surface area (Å²) in [5.74, 6) is 1.91. The Labute approximate surface area is 114 Å². The van der Waals surface area contributed by atoms with Crippen molar-refractivity contribution in [3.8, 4) is 5.75 Å². The number of benzene rings is 1. The summed E-state index contributed by atoms with van der Waals surface area (Å²) >= 11 is 0. The minimum Gasteiger partial charge on any atom is -0.494 e. The molecular weight excluding hydrogens is 238 g/mol. The van der Waals surface area contributed by atoms with Crippen molar-refractivity contribution >= 4 is 0 Å². The molecule has 4 heteroatoms. The van der Waals surface area contributed by atoms with E-state index in [9.17, 15) is 0 Å². The fraction of sp³-hybridized carbons (Fsp3) is 0.400. The molecule has 2 rings (SSSR count). The number of aryl methyl sites for hydroxylation is 1. The van der Waals surface area contributed by atoms with Gasteiger partial charge in [0.1, 0.15) is 11.6 Å². The van der Waals surface area contributed by atoms with E-state index in [-0.39, 0.29) is 6.04 Å². The lowest BCUT2D eigenvalue weighted by Gasteiger charge is -2.13. The Hall–Kier alpha value is -1.81. The van der Waals surface area contributed by atoms with E-state index in [1.54, 1.807) is 0 Å². The molecule has 0 aliphatic carbocycles. The molecule has 2 N–H and O–H groups in total. The zero-order valence-corrected chi connectivity index (χ0v) is 11.5. The molecule has 1 aromatic heterocycles. The number of ether oxygens (including phenoxy) is 1. The smallest absolute Gasteiger partial charge is 0.119 e. The van der Waals surface area contributed by atoms with Crippen molar-refractivity contribution in [2.75, 3.05) is 6.61 Å². The van der Waals surface area contributed by atoms with Crippen LogP contribution in [-0.4, -0.2) is 16.2 Å². The molecular formula is C15H21N3O. The van der Waals surface area contributed by atoms with Crippen LogP contribution in [0.15, 0.2) is 36.7 Å². The highest BCUT2D eigenvalue weighted by atomic mass is 16.5. The first kappa shape index (κ1) is 13.6. The molecule has 102 valence electrons. The Morgan fingerprint density at radius 3 is 2.63 bits per heavy atom. The van der Waals surface area contributed by atoms with Gasteiger partial charge in [-0.25, -0.2) is 4.98 Å². The quantitative estimate of drug-likeness (QED) is 0.867. The molecule has 2 aromatic rings. The second-order valence-electron chi connectivity index (χ2n) is 4.44. The number of hydrogen-bond donors (Lipinski definition) is 1. The van der Waals surface area contributed by atoms with Crippen molar-refractivity contribution in [1.29, 1.82) is 0 Å². The summed E-state index contributed by atoms with van der Waals surface area (Å²) in [5.41, 5.74) is 7.35. The van der Waals surface area contributed by atoms with Gasteiger partial charge < -0.3 is 15.0 Å². The van der Waals surface area contributed by atoms with Gasteiger partial charge >= 0.3 is 0 Å². The van der Waals surface area contributed by atoms with Crippen LogP contribution in [0.3, 0.4) is 0 Å². The average molecular weight is 259 g/mol. The monoisotopic (exact) mass is 259 g/mol. The number of aromatic nitrogens is 2. The Kier molecular flexibility index (Phi) is 4.58. The number of hydrogen-bond acceptors (Lipinski definition) is 3. The fourth-order valence-electron chi connectivity index (χ4n) is 2.11. The average Bonchev–Trinajstić information content (AvgIpc) is 2.87. The maximum absolute atomic E-state index is 6.24. The standard InChI is InChI=1S/C15H21N3O/c1-3-18-10-9-17-15(18)11-14(16)12-5-7-13(8-6-12)19-4-2/h5-10,14H,3-4,11,16H2,1-2H3. The van der Waals surface area contributed by atoms with Crippen LogP contribution < -0.4 is 10.5 Å². The summed E-state index contributed by atoms with van der Waals surface area (Å²) in [6, 6.07) is 7.93. The lowest BCUT2D eigenvalue weighted by molar-refractivity contribution is 0.340. The van der Waals surface area contributed by atoms with E-state index in [2.05, 4.69) is 16.5 Å². The molecule has 1 unspecified atom stereocenters. The zero-order valence-electron chi connectivity index (χ0n) is 11.5. The molecule has 0 saturated heterocycles. The summed E-state index contributed by atoms with van der Waals surface area (Å²) in [6.45, 7) is 5.68. The van der Waals surface area contributed by atoms with Gasteiger partial charge in [-0.05, 0) is 31.5 Å². The number of rotatable bonds is 6. The molecule has 0 radical (unpaired) electrons. The number of imidazole rings is 1. The predicted molar refractivity (Wildman–Crippen MR) is 76.1 cm³/mol. The fourth-order valence-corrected chi connectivity index (χ4v) is 2.11. The van der Waals surface area contributed by atoms with E-state index >= 15 is 0 Å². The van der Waals surface area contributed by atoms with E-state index in [4.69, 9.17) is 10.5 Å². The van der Waals surface area contributed by atoms with Crippen molar-refractivity contribution in [3.05, 3.63) is 48.0 Å². The first-order valence-corrected chi connectivity index (χ1v) is 6.73. The second kappa shape index (κ2) is 6.38. The van der Waals surface area contributed by atoms with Gasteiger partial charge in [0.25, 0.3) is 0 Å². The van der Waals surface area contributed by atoms with Gasteiger partial charge in [-0.3, -0.25) is 0 Å². The Morgan fingerprint density at radius 2 is 2.00 bits per heavy atom. The minimum absolute atomic E-state index is 0.0385. The molecule has 0 bridgehead atoms. The molecule has 19 heavy (non-hydrogen) atoms. The van der Waals surface area contributed by atoms with Crippen LogP contribution in [0.4, 0.5) is 0 Å². The summed E-state index contributed by atoms with van der Waals surface area (Å²) in [5, 5.41) is 0. The third-order valence-corrected chi connectivity index (χ3v) is 3.16. The van der Waals surface area contributed by atoms with Crippen molar-refractivity contribution in [2.45, 2.75) is 32.9 Å². The molecule has 0 amide bonds. The Balaban J connectivity index is 2.05. The first-order valence-electron chi connectivity index (χ1n) is 6.73. The molecule has 1 heterocycles. The van der Waals surface area contributed by atoms with Crippen molar-refractivity contribution < 1.29 is 4.74 Å². The third-order valence-electron chi connectivity index (χ3n) is 3.16. The van der Waals surface area contributed by atoms with Crippen LogP contribution in [0.1, 0.15) is 31.3 Å². The third kappa shape index (κ3) is 3.35. The maximum Gasteiger partial charge on any atom is 0.119 e. The molecule has 0 aliphatic heterocycles. The van der Waals surface area contributed by atoms with Crippen LogP contribution >= 0.6 is 0 Å². The highest BCUT2D eigenvalue weighted by Gasteiger charge is 2.10. The van der Waals surface area contributed by atoms with E-state index in [1.165, 1.54) is 0 Å². The van der Waals surface area contributed by atoms with Crippen molar-refractivity contribution in [3.63, 3.8) is 0 Å². The summed E-state index contributed by atoms with van der Waals surface area (Å²) < 4.78 is 7.55. The highest BCUT2D eigenvalue weighted by Crippen LogP contribution is 2.19. The molecule has 0 saturated carbocycles.